The van der Waals surface area contributed by atoms with Crippen LogP contribution in [-0.4, -0.2) is 306 Å². The van der Waals surface area contributed by atoms with Gasteiger partial charge in [0, 0.05) is 32.2 Å². The summed E-state index contributed by atoms with van der Waals surface area (Å²) in [6.45, 7) is 8.58. The van der Waals surface area contributed by atoms with E-state index in [2.05, 4.69) is 74.4 Å². The number of nitrogens with two attached hydrogens (primary N) is 6. The number of amides is 16. The lowest BCUT2D eigenvalue weighted by Crippen LogP contribution is -2.62. The topological polar surface area (TPSA) is 848 Å². The summed E-state index contributed by atoms with van der Waals surface area (Å²) in [7, 11) is 0. The number of likely N-dealkylation sites (tertiary alicyclic amines) is 1. The molecular formula is C90H143N21O29. The molecule has 0 spiro atoms. The first-order valence-electron chi connectivity index (χ1n) is 46.8. The van der Waals surface area contributed by atoms with Gasteiger partial charge in [-0.1, -0.05) is 72.2 Å². The van der Waals surface area contributed by atoms with Crippen LogP contribution in [0.2, 0.25) is 0 Å². The number of phenolic OH excluding ortho intramolecular Hbond substituents is 2. The highest BCUT2D eigenvalue weighted by atomic mass is 16.4. The summed E-state index contributed by atoms with van der Waals surface area (Å²) < 4.78 is 0. The van der Waals surface area contributed by atoms with E-state index in [4.69, 9.17) is 34.4 Å². The third-order valence-electron chi connectivity index (χ3n) is 22.9. The van der Waals surface area contributed by atoms with Gasteiger partial charge in [0.1, 0.15) is 102 Å². The smallest absolute Gasteiger partial charge is 0.326 e. The first-order valence-corrected chi connectivity index (χ1v) is 46.8. The molecular weight excluding hydrogens is 1840 g/mol. The van der Waals surface area contributed by atoms with Gasteiger partial charge in [-0.05, 0) is 201 Å². The molecule has 3 rings (SSSR count). The van der Waals surface area contributed by atoms with Gasteiger partial charge in [-0.2, -0.15) is 0 Å². The summed E-state index contributed by atoms with van der Waals surface area (Å²) in [5.74, 6) is -27.7. The van der Waals surface area contributed by atoms with Gasteiger partial charge in [-0.25, -0.2) is 4.79 Å². The second-order valence-electron chi connectivity index (χ2n) is 35.2. The van der Waals surface area contributed by atoms with Crippen LogP contribution in [0, 0.1) is 17.8 Å². The summed E-state index contributed by atoms with van der Waals surface area (Å²) in [4.78, 5) is 290. The van der Waals surface area contributed by atoms with Crippen molar-refractivity contribution in [1.82, 2.24) is 79.3 Å². The van der Waals surface area contributed by atoms with Gasteiger partial charge in [-0.3, -0.25) is 95.9 Å². The molecule has 0 aromatic heterocycles. The van der Waals surface area contributed by atoms with E-state index in [0.717, 1.165) is 0 Å². The SMILES string of the molecule is CC[C@H](C)[C@H](NC(=O)[C@H](CCC(=O)O)NC(=O)[C@H](CO)NC(=O)[C@H](CC(C)C)NC(=O)[C@H](CC(=O)O)NC(=O)[C@@H]1CCCN1C(=O)[C@@H](N)Cc1ccc(O)cc1)C(=O)N[C@@H](CCCCN)C(=O)N[C@@H](CCCCN)C(=O)N[C@@H](CCC(=O)O)C(=O)N[C@@H](Cc1ccc(O)cc1)C(=O)N[C@@H](CC(N)=O)C(=O)N[C@H](C(=O)N[C@@H](CCCCN)C(=O)N[C@@H](CCC(=O)O)C(=O)N[C@@H](CCCCN)C(=O)O)C(C)C. The van der Waals surface area contributed by atoms with Crippen LogP contribution in [0.3, 0.4) is 0 Å². The Kier molecular flexibility index (Phi) is 54.6. The number of carbonyl (C=O) groups is 21. The van der Waals surface area contributed by atoms with Gasteiger partial charge in [0.2, 0.25) is 94.5 Å². The van der Waals surface area contributed by atoms with Crippen LogP contribution in [0.4, 0.5) is 0 Å². The zero-order valence-corrected chi connectivity index (χ0v) is 79.8. The van der Waals surface area contributed by atoms with Crippen molar-refractivity contribution in [2.75, 3.05) is 39.3 Å². The second kappa shape index (κ2) is 63.3. The number of carbonyl (C=O) groups excluding carboxylic acids is 16. The van der Waals surface area contributed by atoms with Gasteiger partial charge >= 0.3 is 29.8 Å². The number of carboxylic acids is 5. The number of benzene rings is 2. The minimum Gasteiger partial charge on any atom is -0.508 e. The molecule has 0 bridgehead atoms. The van der Waals surface area contributed by atoms with Crippen LogP contribution in [-0.2, 0) is 114 Å². The number of nitrogens with one attached hydrogen (secondary N) is 14. The predicted molar refractivity (Wildman–Crippen MR) is 500 cm³/mol. The number of aliphatic hydroxyl groups is 1. The van der Waals surface area contributed by atoms with Crippen molar-refractivity contribution in [2.24, 2.45) is 52.2 Å². The van der Waals surface area contributed by atoms with Crippen molar-refractivity contribution in [3.8, 4) is 11.5 Å². The van der Waals surface area contributed by atoms with Gasteiger partial charge < -0.3 is 155 Å². The third-order valence-corrected chi connectivity index (χ3v) is 22.9. The standard InChI is InChI=1S/C90H143N21O29/c1-7-49(6)74(110-80(129)60(32-35-71(120)121)100-85(134)66(46-112)108-81(130)62(41-47(2)3)104-83(132)65(45-72(122)123)107-86(135)67-21-16-40-111(67)89(138)54(95)42-50-22-26-52(113)27-23-50)88(137)102-57(19-10-14-38-93)76(125)97-55(17-8-12-36-91)75(124)99-59(31-34-70(118)119)79(128)105-63(43-51-24-28-53(114)29-25-51)82(131)106-64(44-68(96)115)84(133)109-73(48(4)5)87(136)101-56(18-9-13-37-92)77(126)98-58(30-33-69(116)117)78(127)103-61(90(139)140)20-11-15-39-94/h22-29,47-49,54-67,73-74,112-114H,7-21,30-46,91-95H2,1-6H3,(H2,96,115)(H,97,125)(H,98,126)(H,99,124)(H,100,134)(H,101,136)(H,102,137)(H,103,127)(H,104,132)(H,105,128)(H,106,131)(H,107,135)(H,108,130)(H,109,133)(H,110,129)(H,116,117)(H,118,119)(H,120,121)(H,122,123)(H,139,140)/t49-,54-,55-,56-,57-,58-,59-,60-,61-,62-,63-,64-,65-,66-,67-,73-,74-/m0/s1. The monoisotopic (exact) mass is 1980 g/mol. The summed E-state index contributed by atoms with van der Waals surface area (Å²) in [5, 5.41) is 114. The van der Waals surface area contributed by atoms with Crippen molar-refractivity contribution in [3.05, 3.63) is 59.7 Å². The molecule has 50 nitrogen and oxygen atoms in total. The van der Waals surface area contributed by atoms with Crippen LogP contribution in [0.15, 0.2) is 48.5 Å². The molecule has 140 heavy (non-hydrogen) atoms. The summed E-state index contributed by atoms with van der Waals surface area (Å²) in [6, 6.07) is -15.8. The Morgan fingerprint density at radius 3 is 1.08 bits per heavy atom. The number of nitrogens with zero attached hydrogens (tertiary/aromatic N) is 1. The summed E-state index contributed by atoms with van der Waals surface area (Å²) >= 11 is 0. The lowest BCUT2D eigenvalue weighted by Gasteiger charge is -2.30. The van der Waals surface area contributed by atoms with Crippen LogP contribution in [0.1, 0.15) is 207 Å². The highest BCUT2D eigenvalue weighted by Gasteiger charge is 2.43. The van der Waals surface area contributed by atoms with E-state index in [0.29, 0.717) is 24.8 Å². The average molecular weight is 1980 g/mol. The molecule has 0 saturated carbocycles. The molecule has 1 fully saturated rings. The number of aliphatic hydroxyl groups excluding tert-OH is 1. The van der Waals surface area contributed by atoms with Crippen molar-refractivity contribution in [3.63, 3.8) is 0 Å². The quantitative estimate of drug-likeness (QED) is 0.0274. The Hall–Kier alpha value is -13.3. The number of hydrogen-bond donors (Lipinski definition) is 28. The molecule has 0 aliphatic carbocycles. The van der Waals surface area contributed by atoms with E-state index < -0.39 is 303 Å². The van der Waals surface area contributed by atoms with Crippen LogP contribution in [0.25, 0.3) is 0 Å². The number of phenols is 2. The molecule has 0 radical (unpaired) electrons. The van der Waals surface area contributed by atoms with Crippen molar-refractivity contribution < 1.29 is 142 Å². The molecule has 1 saturated heterocycles. The van der Waals surface area contributed by atoms with Gasteiger partial charge in [-0.15, -0.1) is 0 Å². The van der Waals surface area contributed by atoms with Gasteiger partial charge in [0.05, 0.1) is 25.5 Å². The molecule has 34 N–H and O–H groups in total. The predicted octanol–water partition coefficient (Wildman–Crippen LogP) is -5.73. The highest BCUT2D eigenvalue weighted by molar-refractivity contribution is 6.02. The molecule has 50 heteroatoms. The zero-order chi connectivity index (χ0) is 105. The van der Waals surface area contributed by atoms with E-state index >= 15 is 0 Å². The number of rotatable bonds is 69. The van der Waals surface area contributed by atoms with Crippen molar-refractivity contribution >= 4 is 124 Å². The number of aliphatic carboxylic acids is 5. The Morgan fingerprint density at radius 1 is 0.371 bits per heavy atom. The second-order valence-corrected chi connectivity index (χ2v) is 35.2. The number of unbranched alkanes of at least 4 members (excludes halogenated alkanes) is 4. The van der Waals surface area contributed by atoms with Crippen LogP contribution < -0.4 is 109 Å². The van der Waals surface area contributed by atoms with Crippen molar-refractivity contribution in [2.45, 2.75) is 305 Å². The molecule has 1 aliphatic heterocycles. The van der Waals surface area contributed by atoms with E-state index in [1.807, 2.05) is 0 Å². The normalized spacial score (nSPS) is 15.7. The molecule has 16 amide bonds. The Balaban J connectivity index is 1.99. The summed E-state index contributed by atoms with van der Waals surface area (Å²) in [5.41, 5.74) is 35.7. The number of primary amides is 1. The van der Waals surface area contributed by atoms with E-state index in [-0.39, 0.29) is 140 Å². The lowest BCUT2D eigenvalue weighted by molar-refractivity contribution is -0.143. The molecule has 17 atom stereocenters. The molecule has 1 heterocycles. The van der Waals surface area contributed by atoms with E-state index in [9.17, 15) is 142 Å². The lowest BCUT2D eigenvalue weighted by atomic mass is 9.96. The van der Waals surface area contributed by atoms with Gasteiger partial charge in [0.15, 0.2) is 0 Å². The molecule has 2 aromatic carbocycles. The maximum atomic E-state index is 14.9. The minimum absolute atomic E-state index is 0.0194. The Labute approximate surface area is 809 Å². The van der Waals surface area contributed by atoms with Crippen LogP contribution >= 0.6 is 0 Å². The zero-order valence-electron chi connectivity index (χ0n) is 79.8. The first kappa shape index (κ1) is 121. The Bertz CT molecular complexity index is 4490. The van der Waals surface area contributed by atoms with Crippen LogP contribution in [0.5, 0.6) is 11.5 Å². The minimum atomic E-state index is -2.00. The molecule has 782 valence electrons. The number of carboxylic acid groups (broad SMARTS) is 5. The maximum Gasteiger partial charge on any atom is 0.326 e. The largest absolute Gasteiger partial charge is 0.508 e. The van der Waals surface area contributed by atoms with E-state index in [1.54, 1.807) is 32.9 Å². The molecule has 2 aromatic rings. The highest BCUT2D eigenvalue weighted by Crippen LogP contribution is 2.23. The maximum absolute atomic E-state index is 14.9. The molecule has 0 unspecified atom stereocenters. The number of hydrogen-bond acceptors (Lipinski definition) is 29. The Morgan fingerprint density at radius 2 is 0.693 bits per heavy atom. The fourth-order valence-corrected chi connectivity index (χ4v) is 14.9. The van der Waals surface area contributed by atoms with Gasteiger partial charge in [0.25, 0.3) is 0 Å². The number of aromatic hydroxyl groups is 2. The summed E-state index contributed by atoms with van der Waals surface area (Å²) in [6.07, 6.45) is -5.45. The average Bonchev–Trinajstić information content (AvgIpc) is 0.983. The van der Waals surface area contributed by atoms with Crippen molar-refractivity contribution in [1.29, 1.82) is 0 Å². The fraction of sp³-hybridized carbons (Fsp3) is 0.633. The third kappa shape index (κ3) is 44.2. The first-order chi connectivity index (χ1) is 66.1. The van der Waals surface area contributed by atoms with E-state index in [1.165, 1.54) is 62.1 Å². The fourth-order valence-electron chi connectivity index (χ4n) is 14.9. The molecule has 1 aliphatic rings.